The highest BCUT2D eigenvalue weighted by molar-refractivity contribution is 9.11. The fraction of sp³-hybridized carbons (Fsp3) is 0.0714. The number of ketones is 1. The van der Waals surface area contributed by atoms with E-state index >= 15 is 0 Å². The molecule has 3 rings (SSSR count). The minimum Gasteiger partial charge on any atom is -0.340 e. The van der Waals surface area contributed by atoms with Gasteiger partial charge < -0.3 is 4.57 Å². The van der Waals surface area contributed by atoms with E-state index in [0.29, 0.717) is 11.6 Å². The van der Waals surface area contributed by atoms with Crippen molar-refractivity contribution in [2.45, 2.75) is 6.54 Å². The van der Waals surface area contributed by atoms with Crippen molar-refractivity contribution in [2.24, 2.45) is 0 Å². The molecule has 0 saturated heterocycles. The van der Waals surface area contributed by atoms with Crippen LogP contribution in [-0.4, -0.2) is 10.4 Å². The Bertz CT molecular complexity index is 762. The van der Waals surface area contributed by atoms with Gasteiger partial charge in [-0.1, -0.05) is 17.7 Å². The van der Waals surface area contributed by atoms with Crippen LogP contribution in [0, 0.1) is 0 Å². The van der Waals surface area contributed by atoms with E-state index in [0.717, 1.165) is 19.6 Å². The molecule has 0 saturated carbocycles. The third-order valence-corrected chi connectivity index (χ3v) is 4.92. The number of nitrogens with zero attached hydrogens (tertiary/aromatic N) is 1. The summed E-state index contributed by atoms with van der Waals surface area (Å²) in [6.07, 6.45) is 1.90. The molecule has 2 nitrogen and oxygen atoms in total. The summed E-state index contributed by atoms with van der Waals surface area (Å²) in [5, 5.41) is 1.69. The van der Waals surface area contributed by atoms with Crippen molar-refractivity contribution >= 4 is 55.6 Å². The second kappa shape index (κ2) is 5.12. The van der Waals surface area contributed by atoms with Gasteiger partial charge in [-0.25, -0.2) is 0 Å². The molecule has 0 aliphatic carbocycles. The molecule has 2 aromatic heterocycles. The van der Waals surface area contributed by atoms with Crippen LogP contribution in [0.2, 0.25) is 5.02 Å². The summed E-state index contributed by atoms with van der Waals surface area (Å²) in [5.41, 5.74) is 0.983. The molecule has 0 spiro atoms. The Kier molecular flexibility index (Phi) is 3.48. The molecule has 0 bridgehead atoms. The van der Waals surface area contributed by atoms with Crippen molar-refractivity contribution in [2.75, 3.05) is 0 Å². The molecule has 0 amide bonds. The van der Waals surface area contributed by atoms with Gasteiger partial charge in [0.25, 0.3) is 0 Å². The lowest BCUT2D eigenvalue weighted by Crippen LogP contribution is -2.07. The molecule has 2 heterocycles. The summed E-state index contributed by atoms with van der Waals surface area (Å²) >= 11 is 10.9. The number of rotatable bonds is 3. The van der Waals surface area contributed by atoms with Crippen molar-refractivity contribution in [3.05, 3.63) is 56.3 Å². The van der Waals surface area contributed by atoms with E-state index in [1.165, 1.54) is 11.3 Å². The van der Waals surface area contributed by atoms with Crippen LogP contribution >= 0.6 is 38.9 Å². The summed E-state index contributed by atoms with van der Waals surface area (Å²) in [5.74, 6) is 0.105. The number of Topliss-reactive ketones (excluding diaryl/α,β-unsaturated/α-hetero) is 1. The van der Waals surface area contributed by atoms with Crippen LogP contribution in [0.1, 0.15) is 9.67 Å². The van der Waals surface area contributed by atoms with E-state index in [1.807, 2.05) is 47.2 Å². The zero-order chi connectivity index (χ0) is 13.4. The van der Waals surface area contributed by atoms with E-state index in [-0.39, 0.29) is 5.78 Å². The lowest BCUT2D eigenvalue weighted by atomic mass is 10.2. The summed E-state index contributed by atoms with van der Waals surface area (Å²) in [4.78, 5) is 12.9. The Morgan fingerprint density at radius 2 is 2.11 bits per heavy atom. The average molecular weight is 355 g/mol. The minimum absolute atomic E-state index is 0.105. The number of benzene rings is 1. The molecular weight excluding hydrogens is 346 g/mol. The molecular formula is C14H9BrClNOS. The van der Waals surface area contributed by atoms with E-state index < -0.39 is 0 Å². The molecule has 0 radical (unpaired) electrons. The van der Waals surface area contributed by atoms with Gasteiger partial charge in [0.05, 0.1) is 15.2 Å². The van der Waals surface area contributed by atoms with Gasteiger partial charge in [-0.2, -0.15) is 0 Å². The van der Waals surface area contributed by atoms with Crippen LogP contribution in [0.15, 0.2) is 46.4 Å². The van der Waals surface area contributed by atoms with Crippen LogP contribution in [0.4, 0.5) is 0 Å². The molecule has 0 atom stereocenters. The van der Waals surface area contributed by atoms with E-state index in [2.05, 4.69) is 15.9 Å². The van der Waals surface area contributed by atoms with Gasteiger partial charge >= 0.3 is 0 Å². The first-order valence-corrected chi connectivity index (χ1v) is 7.66. The number of carbonyl (C=O) groups is 1. The highest BCUT2D eigenvalue weighted by atomic mass is 79.9. The zero-order valence-corrected chi connectivity index (χ0v) is 12.9. The van der Waals surface area contributed by atoms with Gasteiger partial charge in [-0.15, -0.1) is 11.3 Å². The predicted molar refractivity (Wildman–Crippen MR) is 83.3 cm³/mol. The standard InChI is InChI=1S/C14H9BrClNOS/c15-14-5-4-13(19-14)12(18)8-17-7-6-9-10(16)2-1-3-11(9)17/h1-7H,8H2. The molecule has 1 aromatic carbocycles. The van der Waals surface area contributed by atoms with Gasteiger partial charge in [0.15, 0.2) is 5.78 Å². The molecule has 0 aliphatic rings. The number of hydrogen-bond donors (Lipinski definition) is 0. The van der Waals surface area contributed by atoms with Crippen LogP contribution in [0.25, 0.3) is 10.9 Å². The van der Waals surface area contributed by atoms with E-state index in [1.54, 1.807) is 0 Å². The van der Waals surface area contributed by atoms with Gasteiger partial charge in [-0.3, -0.25) is 4.79 Å². The summed E-state index contributed by atoms with van der Waals surface area (Å²) in [6, 6.07) is 11.4. The Balaban J connectivity index is 1.94. The number of thiophene rings is 1. The average Bonchev–Trinajstić information content (AvgIpc) is 2.98. The molecule has 0 unspecified atom stereocenters. The minimum atomic E-state index is 0.105. The molecule has 0 aliphatic heterocycles. The Morgan fingerprint density at radius 3 is 2.84 bits per heavy atom. The number of hydrogen-bond acceptors (Lipinski definition) is 2. The molecule has 3 aromatic rings. The van der Waals surface area contributed by atoms with E-state index in [9.17, 15) is 4.79 Å². The summed E-state index contributed by atoms with van der Waals surface area (Å²) in [7, 11) is 0. The number of halogens is 2. The molecule has 0 fully saturated rings. The molecule has 5 heteroatoms. The zero-order valence-electron chi connectivity index (χ0n) is 9.77. The number of carbonyl (C=O) groups excluding carboxylic acids is 1. The van der Waals surface area contributed by atoms with Crippen LogP contribution in [0.5, 0.6) is 0 Å². The third-order valence-electron chi connectivity index (χ3n) is 2.92. The Morgan fingerprint density at radius 1 is 1.26 bits per heavy atom. The van der Waals surface area contributed by atoms with E-state index in [4.69, 9.17) is 11.6 Å². The lowest BCUT2D eigenvalue weighted by Gasteiger charge is -2.03. The lowest BCUT2D eigenvalue weighted by molar-refractivity contribution is 0.0977. The molecule has 19 heavy (non-hydrogen) atoms. The topological polar surface area (TPSA) is 22.0 Å². The first kappa shape index (κ1) is 12.9. The monoisotopic (exact) mass is 353 g/mol. The second-order valence-electron chi connectivity index (χ2n) is 4.14. The smallest absolute Gasteiger partial charge is 0.192 e. The van der Waals surface area contributed by atoms with Gasteiger partial charge in [-0.05, 0) is 46.3 Å². The van der Waals surface area contributed by atoms with Gasteiger partial charge in [0, 0.05) is 22.1 Å². The summed E-state index contributed by atoms with van der Waals surface area (Å²) in [6.45, 7) is 0.330. The van der Waals surface area contributed by atoms with Crippen molar-refractivity contribution in [3.63, 3.8) is 0 Å². The summed E-state index contributed by atoms with van der Waals surface area (Å²) < 4.78 is 2.90. The largest absolute Gasteiger partial charge is 0.340 e. The van der Waals surface area contributed by atoms with Gasteiger partial charge in [0.1, 0.15) is 0 Å². The van der Waals surface area contributed by atoms with Crippen LogP contribution in [-0.2, 0) is 6.54 Å². The Labute approximate surface area is 127 Å². The van der Waals surface area contributed by atoms with Crippen molar-refractivity contribution < 1.29 is 4.79 Å². The SMILES string of the molecule is O=C(Cn1ccc2c(Cl)cccc21)c1ccc(Br)s1. The highest BCUT2D eigenvalue weighted by Crippen LogP contribution is 2.26. The quantitative estimate of drug-likeness (QED) is 0.607. The highest BCUT2D eigenvalue weighted by Gasteiger charge is 2.11. The van der Waals surface area contributed by atoms with Crippen molar-refractivity contribution in [1.82, 2.24) is 4.57 Å². The van der Waals surface area contributed by atoms with Crippen LogP contribution < -0.4 is 0 Å². The maximum Gasteiger partial charge on any atom is 0.192 e. The third kappa shape index (κ3) is 2.48. The van der Waals surface area contributed by atoms with Crippen LogP contribution in [0.3, 0.4) is 0 Å². The first-order chi connectivity index (χ1) is 9.15. The maximum absolute atomic E-state index is 12.2. The second-order valence-corrected chi connectivity index (χ2v) is 7.01. The first-order valence-electron chi connectivity index (χ1n) is 5.67. The fourth-order valence-electron chi connectivity index (χ4n) is 2.02. The maximum atomic E-state index is 12.2. The Hall–Kier alpha value is -1.10. The predicted octanol–water partition coefficient (Wildman–Crippen LogP) is 5.00. The van der Waals surface area contributed by atoms with Gasteiger partial charge in [0.2, 0.25) is 0 Å². The number of fused-ring (bicyclic) bond motifs is 1. The number of aromatic nitrogens is 1. The van der Waals surface area contributed by atoms with Crippen molar-refractivity contribution in [3.8, 4) is 0 Å². The van der Waals surface area contributed by atoms with Crippen molar-refractivity contribution in [1.29, 1.82) is 0 Å². The normalized spacial score (nSPS) is 11.1. The molecule has 96 valence electrons. The fourth-order valence-corrected chi connectivity index (χ4v) is 3.57. The molecule has 0 N–H and O–H groups in total.